The minimum atomic E-state index is -0.405. The summed E-state index contributed by atoms with van der Waals surface area (Å²) >= 11 is 0. The number of hydrogen-bond acceptors (Lipinski definition) is 4. The van der Waals surface area contributed by atoms with E-state index in [0.717, 1.165) is 0 Å². The van der Waals surface area contributed by atoms with Gasteiger partial charge < -0.3 is 16.9 Å². The van der Waals surface area contributed by atoms with Gasteiger partial charge in [-0.3, -0.25) is 0 Å². The maximum Gasteiger partial charge on any atom is 0.215 e. The molecule has 1 saturated heterocycles. The van der Waals surface area contributed by atoms with Gasteiger partial charge in [0.15, 0.2) is 0 Å². The summed E-state index contributed by atoms with van der Waals surface area (Å²) in [6.07, 6.45) is 7.99. The monoisotopic (exact) mass is 291 g/mol. The molecule has 1 rings (SSSR count). The second-order valence-electron chi connectivity index (χ2n) is 3.65. The van der Waals surface area contributed by atoms with Crippen LogP contribution in [0.25, 0.3) is 0 Å². The fourth-order valence-corrected chi connectivity index (χ4v) is 15.4. The first kappa shape index (κ1) is 16.6. The maximum atomic E-state index is 3.90. The molecule has 4 nitrogen and oxygen atoms in total. The van der Waals surface area contributed by atoms with Crippen LogP contribution in [0.3, 0.4) is 0 Å². The SMILES string of the molecule is C=CN1[SiH2]N(C=C)[SiH2]N(C=C)[SiH2]N(C=C)[SiH2]1.[Li]. The summed E-state index contributed by atoms with van der Waals surface area (Å²) in [6, 6.07) is 0. The Morgan fingerprint density at radius 1 is 0.529 bits per heavy atom. The van der Waals surface area contributed by atoms with Gasteiger partial charge in [0.25, 0.3) is 0 Å². The van der Waals surface area contributed by atoms with Crippen LogP contribution in [0, 0.1) is 0 Å². The van der Waals surface area contributed by atoms with E-state index >= 15 is 0 Å². The van der Waals surface area contributed by atoms with Crippen molar-refractivity contribution in [2.45, 2.75) is 0 Å². The Hall–Kier alpha value is -0.375. The molecule has 1 aliphatic heterocycles. The Bertz CT molecular complexity index is 227. The fraction of sp³-hybridized carbons (Fsp3) is 0. The molecule has 0 aromatic rings. The van der Waals surface area contributed by atoms with Gasteiger partial charge in [-0.05, 0) is 24.8 Å². The summed E-state index contributed by atoms with van der Waals surface area (Å²) in [4.78, 5) is 0. The zero-order chi connectivity index (χ0) is 12.0. The molecule has 1 radical (unpaired) electrons. The van der Waals surface area contributed by atoms with E-state index in [1.54, 1.807) is 0 Å². The smallest absolute Gasteiger partial charge is 0.215 e. The van der Waals surface area contributed by atoms with Crippen molar-refractivity contribution in [3.05, 3.63) is 51.1 Å². The Labute approximate surface area is 126 Å². The fourth-order valence-electron chi connectivity index (χ4n) is 1.57. The molecule has 0 saturated carbocycles. The molecular formula is C8H20LiN4Si4. The van der Waals surface area contributed by atoms with E-state index in [4.69, 9.17) is 0 Å². The van der Waals surface area contributed by atoms with Crippen LogP contribution in [0.2, 0.25) is 0 Å². The topological polar surface area (TPSA) is 13.0 Å². The van der Waals surface area contributed by atoms with E-state index in [-0.39, 0.29) is 18.9 Å². The Morgan fingerprint density at radius 2 is 0.706 bits per heavy atom. The molecule has 0 aromatic carbocycles. The summed E-state index contributed by atoms with van der Waals surface area (Å²) in [5, 5.41) is 0. The van der Waals surface area contributed by atoms with E-state index in [2.05, 4.69) is 43.2 Å². The van der Waals surface area contributed by atoms with Crippen LogP contribution in [0.4, 0.5) is 0 Å². The van der Waals surface area contributed by atoms with Crippen LogP contribution in [0.1, 0.15) is 0 Å². The Morgan fingerprint density at radius 3 is 0.824 bits per heavy atom. The molecule has 1 heterocycles. The van der Waals surface area contributed by atoms with Crippen molar-refractivity contribution in [3.8, 4) is 0 Å². The standard InChI is InChI=1S/C8H20N4Si4.Li/c1-5-9-13-10(6-2)15-12(8-4)16-11(7-3)14-9;/h5-8H,1-4,13-16H2;. The van der Waals surface area contributed by atoms with Gasteiger partial charge in [0, 0.05) is 18.9 Å². The van der Waals surface area contributed by atoms with Crippen molar-refractivity contribution in [1.82, 2.24) is 16.9 Å². The molecule has 0 unspecified atom stereocenters. The third kappa shape index (κ3) is 5.20. The van der Waals surface area contributed by atoms with Crippen LogP contribution < -0.4 is 0 Å². The van der Waals surface area contributed by atoms with Crippen molar-refractivity contribution >= 4 is 58.2 Å². The van der Waals surface area contributed by atoms with Crippen LogP contribution in [-0.2, 0) is 0 Å². The van der Waals surface area contributed by atoms with E-state index in [1.165, 1.54) is 0 Å². The molecule has 0 N–H and O–H groups in total. The molecule has 1 fully saturated rings. The first-order chi connectivity index (χ1) is 7.73. The Kier molecular flexibility index (Phi) is 8.49. The zero-order valence-electron chi connectivity index (χ0n) is 10.8. The number of nitrogens with zero attached hydrogens (tertiary/aromatic N) is 4. The van der Waals surface area contributed by atoms with Gasteiger partial charge in [-0.2, -0.15) is 0 Å². The summed E-state index contributed by atoms with van der Waals surface area (Å²) < 4.78 is 9.79. The van der Waals surface area contributed by atoms with Crippen molar-refractivity contribution < 1.29 is 0 Å². The molecule has 0 amide bonds. The minimum absolute atomic E-state index is 0. The van der Waals surface area contributed by atoms with Gasteiger partial charge in [-0.1, -0.05) is 26.3 Å². The predicted molar refractivity (Wildman–Crippen MR) is 88.1 cm³/mol. The average molecular weight is 292 g/mol. The molecule has 9 heteroatoms. The number of hydrogen-bond donors (Lipinski definition) is 0. The summed E-state index contributed by atoms with van der Waals surface area (Å²) in [5.74, 6) is 0. The first-order valence-electron chi connectivity index (χ1n) is 5.20. The van der Waals surface area contributed by atoms with Gasteiger partial charge >= 0.3 is 0 Å². The number of rotatable bonds is 4. The van der Waals surface area contributed by atoms with Gasteiger partial charge in [0.2, 0.25) is 39.4 Å². The maximum absolute atomic E-state index is 3.90. The zero-order valence-corrected chi connectivity index (χ0v) is 16.4. The van der Waals surface area contributed by atoms with Gasteiger partial charge in [0.1, 0.15) is 0 Å². The van der Waals surface area contributed by atoms with Crippen LogP contribution in [0.5, 0.6) is 0 Å². The van der Waals surface area contributed by atoms with Gasteiger partial charge in [-0.15, -0.1) is 0 Å². The molecule has 1 aliphatic rings. The van der Waals surface area contributed by atoms with E-state index < -0.39 is 39.4 Å². The van der Waals surface area contributed by atoms with Crippen LogP contribution in [0.15, 0.2) is 51.1 Å². The molecule has 0 spiro atoms. The second-order valence-corrected chi connectivity index (χ2v) is 14.9. The summed E-state index contributed by atoms with van der Waals surface area (Å²) in [7, 11) is -1.62. The first-order valence-corrected chi connectivity index (χ1v) is 10.3. The third-order valence-corrected chi connectivity index (χ3v) is 12.3. The summed E-state index contributed by atoms with van der Waals surface area (Å²) in [6.45, 7) is 15.6. The predicted octanol–water partition coefficient (Wildman–Crippen LogP) is -2.60. The molecule has 0 aromatic heterocycles. The molecular weight excluding hydrogens is 271 g/mol. The molecule has 0 aliphatic carbocycles. The third-order valence-electron chi connectivity index (χ3n) is 2.49. The van der Waals surface area contributed by atoms with E-state index in [9.17, 15) is 0 Å². The van der Waals surface area contributed by atoms with E-state index in [1.807, 2.05) is 24.8 Å². The quantitative estimate of drug-likeness (QED) is 0.527. The summed E-state index contributed by atoms with van der Waals surface area (Å²) in [5.41, 5.74) is 0. The van der Waals surface area contributed by atoms with Gasteiger partial charge in [-0.25, -0.2) is 0 Å². The van der Waals surface area contributed by atoms with Crippen LogP contribution in [-0.4, -0.2) is 75.2 Å². The normalized spacial score (nSPS) is 22.1. The van der Waals surface area contributed by atoms with Crippen LogP contribution >= 0.6 is 0 Å². The molecule has 0 atom stereocenters. The van der Waals surface area contributed by atoms with E-state index in [0.29, 0.717) is 0 Å². The van der Waals surface area contributed by atoms with Gasteiger partial charge in [0.05, 0.1) is 0 Å². The Balaban J connectivity index is 0.00000256. The van der Waals surface area contributed by atoms with Crippen molar-refractivity contribution in [2.75, 3.05) is 0 Å². The largest absolute Gasteiger partial charge is 0.409 e. The molecule has 89 valence electrons. The van der Waals surface area contributed by atoms with Crippen molar-refractivity contribution in [3.63, 3.8) is 0 Å². The van der Waals surface area contributed by atoms with Crippen molar-refractivity contribution in [2.24, 2.45) is 0 Å². The van der Waals surface area contributed by atoms with Crippen molar-refractivity contribution in [1.29, 1.82) is 0 Å². The molecule has 17 heavy (non-hydrogen) atoms. The second kappa shape index (κ2) is 8.68. The molecule has 0 bridgehead atoms. The average Bonchev–Trinajstić information content (AvgIpc) is 2.29. The minimum Gasteiger partial charge on any atom is -0.409 e.